The maximum atomic E-state index is 5.93. The van der Waals surface area contributed by atoms with Gasteiger partial charge in [0.05, 0.1) is 13.7 Å². The molecule has 0 heterocycles. The summed E-state index contributed by atoms with van der Waals surface area (Å²) in [7, 11) is 1.65. The molecular formula is C13H19ClO2. The van der Waals surface area contributed by atoms with Gasteiger partial charge in [0.25, 0.3) is 0 Å². The first-order chi connectivity index (χ1) is 7.67. The third-order valence-electron chi connectivity index (χ3n) is 2.36. The van der Waals surface area contributed by atoms with E-state index >= 15 is 0 Å². The van der Waals surface area contributed by atoms with Crippen LogP contribution in [0.4, 0.5) is 0 Å². The second kappa shape index (κ2) is 6.64. The summed E-state index contributed by atoms with van der Waals surface area (Å²) < 4.78 is 10.7. The van der Waals surface area contributed by atoms with Crippen LogP contribution in [0.1, 0.15) is 25.8 Å². The summed E-state index contributed by atoms with van der Waals surface area (Å²) >= 11 is 5.93. The van der Waals surface area contributed by atoms with E-state index in [0.717, 1.165) is 24.3 Å². The molecule has 16 heavy (non-hydrogen) atoms. The van der Waals surface area contributed by atoms with E-state index in [4.69, 9.17) is 21.1 Å². The minimum atomic E-state index is 0.206. The number of benzene rings is 1. The predicted molar refractivity (Wildman–Crippen MR) is 67.8 cm³/mol. The second-order valence-electron chi connectivity index (χ2n) is 3.74. The number of aryl methyl sites for hydroxylation is 1. The molecule has 3 heteroatoms. The Morgan fingerprint density at radius 3 is 2.62 bits per heavy atom. The Labute approximate surface area is 103 Å². The van der Waals surface area contributed by atoms with Crippen LogP contribution in [0.5, 0.6) is 11.5 Å². The smallest absolute Gasteiger partial charge is 0.161 e. The van der Waals surface area contributed by atoms with Crippen LogP contribution in [-0.4, -0.2) is 19.1 Å². The van der Waals surface area contributed by atoms with Crippen LogP contribution in [-0.2, 0) is 6.42 Å². The molecule has 0 radical (unpaired) electrons. The van der Waals surface area contributed by atoms with Crippen molar-refractivity contribution in [2.45, 2.75) is 32.1 Å². The lowest BCUT2D eigenvalue weighted by Crippen LogP contribution is -1.98. The quantitative estimate of drug-likeness (QED) is 0.709. The normalized spacial score (nSPS) is 12.2. The average molecular weight is 243 g/mol. The maximum absolute atomic E-state index is 5.93. The highest BCUT2D eigenvalue weighted by Gasteiger charge is 2.06. The molecule has 0 saturated heterocycles. The van der Waals surface area contributed by atoms with Crippen molar-refractivity contribution in [2.24, 2.45) is 0 Å². The third-order valence-corrected chi connectivity index (χ3v) is 2.58. The molecule has 0 N–H and O–H groups in total. The molecule has 0 spiro atoms. The van der Waals surface area contributed by atoms with Crippen LogP contribution in [0, 0.1) is 0 Å². The van der Waals surface area contributed by atoms with Crippen LogP contribution in [0.3, 0.4) is 0 Å². The van der Waals surface area contributed by atoms with E-state index in [-0.39, 0.29) is 5.38 Å². The number of rotatable bonds is 6. The molecule has 0 fully saturated rings. The van der Waals surface area contributed by atoms with Crippen LogP contribution in [0.25, 0.3) is 0 Å². The highest BCUT2D eigenvalue weighted by Crippen LogP contribution is 2.28. The highest BCUT2D eigenvalue weighted by molar-refractivity contribution is 6.20. The van der Waals surface area contributed by atoms with Crippen LogP contribution >= 0.6 is 11.6 Å². The molecule has 0 amide bonds. The van der Waals surface area contributed by atoms with Gasteiger partial charge in [-0.25, -0.2) is 0 Å². The van der Waals surface area contributed by atoms with E-state index in [2.05, 4.69) is 6.07 Å². The number of alkyl halides is 1. The van der Waals surface area contributed by atoms with E-state index in [9.17, 15) is 0 Å². The first-order valence-corrected chi connectivity index (χ1v) is 6.04. The van der Waals surface area contributed by atoms with Gasteiger partial charge >= 0.3 is 0 Å². The van der Waals surface area contributed by atoms with Gasteiger partial charge in [0.1, 0.15) is 0 Å². The van der Waals surface area contributed by atoms with Crippen molar-refractivity contribution in [1.29, 1.82) is 0 Å². The fourth-order valence-electron chi connectivity index (χ4n) is 1.51. The molecule has 1 unspecified atom stereocenters. The molecular weight excluding hydrogens is 224 g/mol. The molecule has 1 aromatic carbocycles. The van der Waals surface area contributed by atoms with E-state index in [1.807, 2.05) is 26.0 Å². The SMILES string of the molecule is CCOc1cc(CCC(C)Cl)ccc1OC. The van der Waals surface area contributed by atoms with Gasteiger partial charge < -0.3 is 9.47 Å². The van der Waals surface area contributed by atoms with Gasteiger partial charge in [-0.3, -0.25) is 0 Å². The summed E-state index contributed by atoms with van der Waals surface area (Å²) in [6, 6.07) is 6.03. The molecule has 1 rings (SSSR count). The molecule has 0 aliphatic heterocycles. The lowest BCUT2D eigenvalue weighted by Gasteiger charge is -2.11. The molecule has 90 valence electrons. The van der Waals surface area contributed by atoms with E-state index in [0.29, 0.717) is 6.61 Å². The Morgan fingerprint density at radius 2 is 2.06 bits per heavy atom. The number of ether oxygens (including phenoxy) is 2. The first kappa shape index (κ1) is 13.2. The van der Waals surface area contributed by atoms with Gasteiger partial charge in [-0.2, -0.15) is 0 Å². The molecule has 2 nitrogen and oxygen atoms in total. The third kappa shape index (κ3) is 3.93. The van der Waals surface area contributed by atoms with E-state index in [1.165, 1.54) is 5.56 Å². The number of methoxy groups -OCH3 is 1. The van der Waals surface area contributed by atoms with Crippen LogP contribution < -0.4 is 9.47 Å². The zero-order chi connectivity index (χ0) is 12.0. The standard InChI is InChI=1S/C13H19ClO2/c1-4-16-13-9-11(6-5-10(2)14)7-8-12(13)15-3/h7-10H,4-6H2,1-3H3. The molecule has 0 aromatic heterocycles. The zero-order valence-corrected chi connectivity index (χ0v) is 10.9. The predicted octanol–water partition coefficient (Wildman–Crippen LogP) is 3.65. The fraction of sp³-hybridized carbons (Fsp3) is 0.538. The molecule has 0 aliphatic carbocycles. The Kier molecular flexibility index (Phi) is 5.47. The lowest BCUT2D eigenvalue weighted by atomic mass is 10.1. The molecule has 1 aromatic rings. The molecule has 0 aliphatic rings. The zero-order valence-electron chi connectivity index (χ0n) is 10.1. The molecule has 1 atom stereocenters. The largest absolute Gasteiger partial charge is 0.493 e. The maximum Gasteiger partial charge on any atom is 0.161 e. The average Bonchev–Trinajstić information content (AvgIpc) is 2.27. The summed E-state index contributed by atoms with van der Waals surface area (Å²) in [6.07, 6.45) is 1.94. The highest BCUT2D eigenvalue weighted by atomic mass is 35.5. The van der Waals surface area contributed by atoms with Crippen molar-refractivity contribution in [3.05, 3.63) is 23.8 Å². The summed E-state index contributed by atoms with van der Waals surface area (Å²) in [4.78, 5) is 0. The summed E-state index contributed by atoms with van der Waals surface area (Å²) in [5, 5.41) is 0.206. The van der Waals surface area contributed by atoms with Gasteiger partial charge in [-0.1, -0.05) is 6.07 Å². The van der Waals surface area contributed by atoms with Crippen molar-refractivity contribution >= 4 is 11.6 Å². The summed E-state index contributed by atoms with van der Waals surface area (Å²) in [5.74, 6) is 1.59. The van der Waals surface area contributed by atoms with Gasteiger partial charge in [-0.15, -0.1) is 11.6 Å². The second-order valence-corrected chi connectivity index (χ2v) is 4.48. The van der Waals surface area contributed by atoms with Crippen molar-refractivity contribution in [3.8, 4) is 11.5 Å². The molecule has 0 bridgehead atoms. The van der Waals surface area contributed by atoms with Crippen LogP contribution in [0.15, 0.2) is 18.2 Å². The van der Waals surface area contributed by atoms with Gasteiger partial charge in [-0.05, 0) is 44.4 Å². The minimum absolute atomic E-state index is 0.206. The Hall–Kier alpha value is -0.890. The van der Waals surface area contributed by atoms with E-state index < -0.39 is 0 Å². The topological polar surface area (TPSA) is 18.5 Å². The number of halogens is 1. The van der Waals surface area contributed by atoms with Crippen molar-refractivity contribution in [3.63, 3.8) is 0 Å². The lowest BCUT2D eigenvalue weighted by molar-refractivity contribution is 0.310. The Bertz CT molecular complexity index is 324. The van der Waals surface area contributed by atoms with Gasteiger partial charge in [0.2, 0.25) is 0 Å². The van der Waals surface area contributed by atoms with Crippen LogP contribution in [0.2, 0.25) is 0 Å². The number of hydrogen-bond acceptors (Lipinski definition) is 2. The summed E-state index contributed by atoms with van der Waals surface area (Å²) in [6.45, 7) is 4.62. The molecule has 0 saturated carbocycles. The van der Waals surface area contributed by atoms with Crippen molar-refractivity contribution in [1.82, 2.24) is 0 Å². The van der Waals surface area contributed by atoms with Gasteiger partial charge in [0.15, 0.2) is 11.5 Å². The Balaban J connectivity index is 2.76. The first-order valence-electron chi connectivity index (χ1n) is 5.61. The van der Waals surface area contributed by atoms with Crippen molar-refractivity contribution in [2.75, 3.05) is 13.7 Å². The fourth-order valence-corrected chi connectivity index (χ4v) is 1.62. The monoisotopic (exact) mass is 242 g/mol. The van der Waals surface area contributed by atoms with Gasteiger partial charge in [0, 0.05) is 5.38 Å². The minimum Gasteiger partial charge on any atom is -0.493 e. The number of hydrogen-bond donors (Lipinski definition) is 0. The van der Waals surface area contributed by atoms with E-state index in [1.54, 1.807) is 7.11 Å². The van der Waals surface area contributed by atoms with Crippen molar-refractivity contribution < 1.29 is 9.47 Å². The summed E-state index contributed by atoms with van der Waals surface area (Å²) in [5.41, 5.74) is 1.23. The Morgan fingerprint density at radius 1 is 1.31 bits per heavy atom.